The van der Waals surface area contributed by atoms with Gasteiger partial charge in [-0.1, -0.05) is 12.1 Å². The van der Waals surface area contributed by atoms with Crippen LogP contribution in [-0.2, 0) is 20.9 Å². The molecule has 4 rings (SSSR count). The minimum Gasteiger partial charge on any atom is -0.373 e. The molecule has 0 unspecified atom stereocenters. The Hall–Kier alpha value is -1.38. The summed E-state index contributed by atoms with van der Waals surface area (Å²) < 4.78 is 11.3. The van der Waals surface area contributed by atoms with E-state index in [4.69, 9.17) is 9.47 Å². The fourth-order valence-electron chi connectivity index (χ4n) is 3.42. The van der Waals surface area contributed by atoms with Gasteiger partial charge in [0.05, 0.1) is 29.8 Å². The number of aromatic nitrogens is 2. The van der Waals surface area contributed by atoms with Crippen LogP contribution in [0.1, 0.15) is 11.4 Å². The number of H-pyrrole nitrogens is 1. The molecule has 2 aliphatic rings. The van der Waals surface area contributed by atoms with E-state index in [2.05, 4.69) is 15.3 Å². The van der Waals surface area contributed by atoms with Crippen molar-refractivity contribution < 1.29 is 14.3 Å². The van der Waals surface area contributed by atoms with E-state index in [9.17, 15) is 4.79 Å². The molecule has 9 heteroatoms. The molecule has 2 fully saturated rings. The first-order valence-electron chi connectivity index (χ1n) is 8.35. The number of morpholine rings is 1. The number of rotatable bonds is 4. The maximum Gasteiger partial charge on any atom is 0.248 e. The second-order valence-corrected chi connectivity index (χ2v) is 6.42. The normalized spacial score (nSPS) is 21.8. The molecule has 1 aromatic heterocycles. The van der Waals surface area contributed by atoms with Crippen molar-refractivity contribution >= 4 is 41.8 Å². The maximum atomic E-state index is 12.3. The summed E-state index contributed by atoms with van der Waals surface area (Å²) in [4.78, 5) is 21.9. The van der Waals surface area contributed by atoms with Crippen molar-refractivity contribution in [2.75, 3.05) is 32.8 Å². The lowest BCUT2D eigenvalue weighted by atomic mass is 10.2. The molecular weight excluding hydrogens is 379 g/mol. The van der Waals surface area contributed by atoms with Gasteiger partial charge in [0.15, 0.2) is 0 Å². The highest BCUT2D eigenvalue weighted by Crippen LogP contribution is 2.17. The van der Waals surface area contributed by atoms with Crippen LogP contribution in [0, 0.1) is 6.92 Å². The van der Waals surface area contributed by atoms with Gasteiger partial charge in [-0.2, -0.15) is 0 Å². The first kappa shape index (κ1) is 20.9. The number of benzene rings is 1. The van der Waals surface area contributed by atoms with Crippen molar-refractivity contribution in [3.8, 4) is 0 Å². The molecule has 0 aliphatic carbocycles. The third-order valence-corrected chi connectivity index (χ3v) is 4.69. The van der Waals surface area contributed by atoms with Crippen LogP contribution < -0.4 is 5.32 Å². The number of hydrogen-bond donors (Lipinski definition) is 2. The summed E-state index contributed by atoms with van der Waals surface area (Å²) in [5, 5.41) is 3.39. The SMILES string of the molecule is Cc1cccc2[nH]c(COCC(=O)N3C[C@@H]4NCCO[C@H]4C3)nc12.Cl.Cl. The summed E-state index contributed by atoms with van der Waals surface area (Å²) in [6.45, 7) is 5.29. The lowest BCUT2D eigenvalue weighted by molar-refractivity contribution is -0.136. The van der Waals surface area contributed by atoms with Gasteiger partial charge in [-0.3, -0.25) is 4.79 Å². The van der Waals surface area contributed by atoms with Crippen LogP contribution in [0.4, 0.5) is 0 Å². The molecule has 0 saturated carbocycles. The molecule has 1 aromatic carbocycles. The van der Waals surface area contributed by atoms with Crippen LogP contribution in [0.25, 0.3) is 11.0 Å². The molecule has 2 N–H and O–H groups in total. The molecule has 1 amide bonds. The summed E-state index contributed by atoms with van der Waals surface area (Å²) in [7, 11) is 0. The molecule has 144 valence electrons. The predicted molar refractivity (Wildman–Crippen MR) is 103 cm³/mol. The zero-order valence-electron chi connectivity index (χ0n) is 14.6. The standard InChI is InChI=1S/C17H22N4O3.2ClH/c1-11-3-2-4-12-17(11)20-15(19-12)9-23-10-16(22)21-7-13-14(8-21)24-6-5-18-13;;/h2-4,13-14,18H,5-10H2,1H3,(H,19,20);2*1H/t13-,14-;;/m0../s1. The van der Waals surface area contributed by atoms with Crippen molar-refractivity contribution in [1.82, 2.24) is 20.2 Å². The number of ether oxygens (including phenoxy) is 2. The van der Waals surface area contributed by atoms with Gasteiger partial charge in [-0.05, 0) is 18.6 Å². The van der Waals surface area contributed by atoms with Crippen molar-refractivity contribution in [3.63, 3.8) is 0 Å². The Morgan fingerprint density at radius 1 is 1.38 bits per heavy atom. The third-order valence-electron chi connectivity index (χ3n) is 4.69. The van der Waals surface area contributed by atoms with E-state index in [-0.39, 0.29) is 49.5 Å². The molecule has 2 aromatic rings. The Morgan fingerprint density at radius 3 is 3.00 bits per heavy atom. The van der Waals surface area contributed by atoms with Gasteiger partial charge in [0.1, 0.15) is 19.0 Å². The van der Waals surface area contributed by atoms with E-state index < -0.39 is 0 Å². The third kappa shape index (κ3) is 4.29. The van der Waals surface area contributed by atoms with Gasteiger partial charge in [0.25, 0.3) is 0 Å². The predicted octanol–water partition coefficient (Wildman–Crippen LogP) is 1.43. The largest absolute Gasteiger partial charge is 0.373 e. The van der Waals surface area contributed by atoms with Crippen LogP contribution >= 0.6 is 24.8 Å². The van der Waals surface area contributed by atoms with E-state index in [1.807, 2.05) is 30.0 Å². The highest BCUT2D eigenvalue weighted by atomic mass is 35.5. The van der Waals surface area contributed by atoms with Crippen molar-refractivity contribution in [3.05, 3.63) is 29.6 Å². The first-order valence-corrected chi connectivity index (χ1v) is 8.35. The van der Waals surface area contributed by atoms with Crippen LogP contribution in [-0.4, -0.2) is 65.8 Å². The average Bonchev–Trinajstić information content (AvgIpc) is 3.19. The number of likely N-dealkylation sites (tertiary alicyclic amines) is 1. The monoisotopic (exact) mass is 402 g/mol. The van der Waals surface area contributed by atoms with Gasteiger partial charge in [-0.15, -0.1) is 24.8 Å². The number of carbonyl (C=O) groups excluding carboxylic acids is 1. The second kappa shape index (κ2) is 9.01. The van der Waals surface area contributed by atoms with Crippen molar-refractivity contribution in [2.24, 2.45) is 0 Å². The quantitative estimate of drug-likeness (QED) is 0.808. The van der Waals surface area contributed by atoms with E-state index >= 15 is 0 Å². The number of para-hydroxylation sites is 1. The fourth-order valence-corrected chi connectivity index (χ4v) is 3.42. The number of carbonyl (C=O) groups is 1. The maximum absolute atomic E-state index is 12.3. The van der Waals surface area contributed by atoms with Gasteiger partial charge >= 0.3 is 0 Å². The second-order valence-electron chi connectivity index (χ2n) is 6.42. The fraction of sp³-hybridized carbons (Fsp3) is 0.529. The highest BCUT2D eigenvalue weighted by molar-refractivity contribution is 5.85. The van der Waals surface area contributed by atoms with Gasteiger partial charge in [0.2, 0.25) is 5.91 Å². The molecule has 0 bridgehead atoms. The van der Waals surface area contributed by atoms with Gasteiger partial charge in [0, 0.05) is 19.6 Å². The van der Waals surface area contributed by atoms with E-state index in [0.29, 0.717) is 26.3 Å². The summed E-state index contributed by atoms with van der Waals surface area (Å²) in [6, 6.07) is 6.26. The number of nitrogens with one attached hydrogen (secondary N) is 2. The summed E-state index contributed by atoms with van der Waals surface area (Å²) in [5.41, 5.74) is 3.07. The van der Waals surface area contributed by atoms with Crippen molar-refractivity contribution in [2.45, 2.75) is 25.7 Å². The minimum absolute atomic E-state index is 0. The lowest BCUT2D eigenvalue weighted by Crippen LogP contribution is -2.47. The zero-order chi connectivity index (χ0) is 16.5. The molecule has 2 atom stereocenters. The Morgan fingerprint density at radius 2 is 2.23 bits per heavy atom. The Balaban J connectivity index is 0.00000121. The smallest absolute Gasteiger partial charge is 0.248 e. The number of hydrogen-bond acceptors (Lipinski definition) is 5. The molecule has 26 heavy (non-hydrogen) atoms. The van der Waals surface area contributed by atoms with Crippen molar-refractivity contribution in [1.29, 1.82) is 0 Å². The zero-order valence-corrected chi connectivity index (χ0v) is 16.2. The van der Waals surface area contributed by atoms with E-state index in [1.165, 1.54) is 0 Å². The summed E-state index contributed by atoms with van der Waals surface area (Å²) >= 11 is 0. The number of nitrogens with zero attached hydrogens (tertiary/aromatic N) is 2. The number of imidazole rings is 1. The molecule has 2 saturated heterocycles. The Kier molecular flexibility index (Phi) is 7.25. The first-order chi connectivity index (χ1) is 11.7. The number of aromatic amines is 1. The van der Waals surface area contributed by atoms with Crippen LogP contribution in [0.5, 0.6) is 0 Å². The van der Waals surface area contributed by atoms with E-state index in [1.54, 1.807) is 0 Å². The molecule has 7 nitrogen and oxygen atoms in total. The number of aryl methyl sites for hydroxylation is 1. The number of amides is 1. The van der Waals surface area contributed by atoms with Crippen LogP contribution in [0.3, 0.4) is 0 Å². The average molecular weight is 403 g/mol. The van der Waals surface area contributed by atoms with Crippen LogP contribution in [0.2, 0.25) is 0 Å². The molecule has 0 spiro atoms. The molecular formula is C17H24Cl2N4O3. The lowest BCUT2D eigenvalue weighted by Gasteiger charge is -2.25. The molecule has 3 heterocycles. The molecule has 0 radical (unpaired) electrons. The van der Waals surface area contributed by atoms with Gasteiger partial charge < -0.3 is 24.7 Å². The Labute approximate surface area is 164 Å². The number of halogens is 2. The van der Waals surface area contributed by atoms with Crippen LogP contribution in [0.15, 0.2) is 18.2 Å². The molecule has 2 aliphatic heterocycles. The van der Waals surface area contributed by atoms with E-state index in [0.717, 1.165) is 29.0 Å². The van der Waals surface area contributed by atoms with Gasteiger partial charge in [-0.25, -0.2) is 4.98 Å². The summed E-state index contributed by atoms with van der Waals surface area (Å²) in [5.74, 6) is 0.745. The minimum atomic E-state index is 0. The Bertz CT molecular complexity index is 741. The topological polar surface area (TPSA) is 79.5 Å². The highest BCUT2D eigenvalue weighted by Gasteiger charge is 2.37. The summed E-state index contributed by atoms with van der Waals surface area (Å²) in [6.07, 6.45) is 0.112. The number of fused-ring (bicyclic) bond motifs is 2.